The minimum absolute atomic E-state index is 0.758. The molecule has 2 nitrogen and oxygen atoms in total. The Morgan fingerprint density at radius 3 is 2.44 bits per heavy atom. The van der Waals surface area contributed by atoms with Crippen LogP contribution in [0.5, 0.6) is 0 Å². The lowest BCUT2D eigenvalue weighted by Gasteiger charge is -2.32. The van der Waals surface area contributed by atoms with Crippen molar-refractivity contribution < 1.29 is 0 Å². The smallest absolute Gasteiger partial charge is 0.00790 e. The van der Waals surface area contributed by atoms with Gasteiger partial charge < -0.3 is 10.2 Å². The fourth-order valence-electron chi connectivity index (χ4n) is 2.82. The Morgan fingerprint density at radius 2 is 1.81 bits per heavy atom. The highest BCUT2D eigenvalue weighted by molar-refractivity contribution is 4.83. The van der Waals surface area contributed by atoms with Gasteiger partial charge in [-0.15, -0.1) is 0 Å². The highest BCUT2D eigenvalue weighted by Gasteiger charge is 2.27. The molecule has 1 aliphatic carbocycles. The first-order valence-corrected chi connectivity index (χ1v) is 7.25. The van der Waals surface area contributed by atoms with E-state index in [1.807, 2.05) is 0 Å². The number of likely N-dealkylation sites (tertiary alicyclic amines) is 1. The third kappa shape index (κ3) is 3.74. The van der Waals surface area contributed by atoms with Crippen molar-refractivity contribution in [2.75, 3.05) is 19.6 Å². The summed E-state index contributed by atoms with van der Waals surface area (Å²) in [5, 5.41) is 3.69. The van der Waals surface area contributed by atoms with E-state index in [1.165, 1.54) is 58.2 Å². The lowest BCUT2D eigenvalue weighted by atomic mass is 10.1. The number of hydrogen-bond acceptors (Lipinski definition) is 2. The molecule has 94 valence electrons. The van der Waals surface area contributed by atoms with Crippen LogP contribution in [-0.2, 0) is 0 Å². The second kappa shape index (κ2) is 6.02. The monoisotopic (exact) mass is 224 g/mol. The quantitative estimate of drug-likeness (QED) is 0.746. The normalized spacial score (nSPS) is 26.6. The van der Waals surface area contributed by atoms with E-state index in [0.717, 1.165) is 18.0 Å². The van der Waals surface area contributed by atoms with Crippen molar-refractivity contribution >= 4 is 0 Å². The van der Waals surface area contributed by atoms with Crippen molar-refractivity contribution in [1.82, 2.24) is 10.2 Å². The van der Waals surface area contributed by atoms with Gasteiger partial charge in [-0.1, -0.05) is 6.42 Å². The molecule has 2 fully saturated rings. The van der Waals surface area contributed by atoms with Crippen LogP contribution < -0.4 is 5.32 Å². The highest BCUT2D eigenvalue weighted by Crippen LogP contribution is 2.32. The molecule has 2 heteroatoms. The van der Waals surface area contributed by atoms with Gasteiger partial charge >= 0.3 is 0 Å². The molecule has 1 saturated carbocycles. The molecule has 0 radical (unpaired) electrons. The molecule has 2 atom stereocenters. The Balaban J connectivity index is 1.57. The molecular formula is C14H28N2. The van der Waals surface area contributed by atoms with Crippen LogP contribution in [0.1, 0.15) is 52.4 Å². The van der Waals surface area contributed by atoms with Gasteiger partial charge in [-0.05, 0) is 71.5 Å². The Kier molecular flexibility index (Phi) is 4.66. The van der Waals surface area contributed by atoms with Crippen LogP contribution in [0, 0.1) is 5.92 Å². The zero-order valence-electron chi connectivity index (χ0n) is 11.0. The van der Waals surface area contributed by atoms with Gasteiger partial charge in [-0.2, -0.15) is 0 Å². The molecule has 16 heavy (non-hydrogen) atoms. The number of nitrogens with one attached hydrogen (secondary N) is 1. The van der Waals surface area contributed by atoms with Crippen LogP contribution in [0.25, 0.3) is 0 Å². The Hall–Kier alpha value is -0.0800. The molecule has 2 unspecified atom stereocenters. The van der Waals surface area contributed by atoms with Crippen LogP contribution in [0.2, 0.25) is 0 Å². The number of piperidine rings is 1. The Bertz CT molecular complexity index is 195. The highest BCUT2D eigenvalue weighted by atomic mass is 15.2. The molecular weight excluding hydrogens is 196 g/mol. The van der Waals surface area contributed by atoms with Crippen molar-refractivity contribution in [2.45, 2.75) is 64.5 Å². The number of rotatable bonds is 6. The van der Waals surface area contributed by atoms with Crippen LogP contribution in [0.3, 0.4) is 0 Å². The zero-order chi connectivity index (χ0) is 11.4. The maximum absolute atomic E-state index is 3.69. The van der Waals surface area contributed by atoms with Crippen molar-refractivity contribution in [2.24, 2.45) is 5.92 Å². The molecule has 1 saturated heterocycles. The van der Waals surface area contributed by atoms with Gasteiger partial charge in [0.1, 0.15) is 0 Å². The summed E-state index contributed by atoms with van der Waals surface area (Å²) < 4.78 is 0. The van der Waals surface area contributed by atoms with Gasteiger partial charge in [-0.25, -0.2) is 0 Å². The van der Waals surface area contributed by atoms with Crippen LogP contribution in [0.4, 0.5) is 0 Å². The van der Waals surface area contributed by atoms with Crippen molar-refractivity contribution in [1.29, 1.82) is 0 Å². The van der Waals surface area contributed by atoms with Gasteiger partial charge in [0.2, 0.25) is 0 Å². The summed E-state index contributed by atoms with van der Waals surface area (Å²) in [5.74, 6) is 0.991. The Labute approximate surface area is 101 Å². The summed E-state index contributed by atoms with van der Waals surface area (Å²) in [5.41, 5.74) is 0. The van der Waals surface area contributed by atoms with E-state index in [1.54, 1.807) is 0 Å². The van der Waals surface area contributed by atoms with Gasteiger partial charge in [-0.3, -0.25) is 0 Å². The minimum atomic E-state index is 0.758. The van der Waals surface area contributed by atoms with Crippen molar-refractivity contribution in [3.63, 3.8) is 0 Å². The predicted octanol–water partition coefficient (Wildman–Crippen LogP) is 2.64. The van der Waals surface area contributed by atoms with Crippen molar-refractivity contribution in [3.05, 3.63) is 0 Å². The zero-order valence-corrected chi connectivity index (χ0v) is 11.0. The number of nitrogens with zero attached hydrogens (tertiary/aromatic N) is 1. The topological polar surface area (TPSA) is 15.3 Å². The van der Waals surface area contributed by atoms with E-state index >= 15 is 0 Å². The molecule has 2 aliphatic rings. The minimum Gasteiger partial charge on any atom is -0.314 e. The molecule has 0 bridgehead atoms. The van der Waals surface area contributed by atoms with Crippen LogP contribution >= 0.6 is 0 Å². The van der Waals surface area contributed by atoms with E-state index in [9.17, 15) is 0 Å². The summed E-state index contributed by atoms with van der Waals surface area (Å²) in [6.45, 7) is 8.62. The summed E-state index contributed by atoms with van der Waals surface area (Å²) in [6, 6.07) is 1.53. The largest absolute Gasteiger partial charge is 0.314 e. The summed E-state index contributed by atoms with van der Waals surface area (Å²) >= 11 is 0. The van der Waals surface area contributed by atoms with E-state index < -0.39 is 0 Å². The SMILES string of the molecule is CC(NCCC(C)N1CCCCC1)C1CC1. The second-order valence-corrected chi connectivity index (χ2v) is 5.81. The Morgan fingerprint density at radius 1 is 1.12 bits per heavy atom. The fraction of sp³-hybridized carbons (Fsp3) is 1.00. The molecule has 0 amide bonds. The molecule has 0 aromatic carbocycles. The third-order valence-corrected chi connectivity index (χ3v) is 4.37. The molecule has 1 heterocycles. The average Bonchev–Trinajstić information content (AvgIpc) is 3.14. The molecule has 0 aromatic rings. The van der Waals surface area contributed by atoms with E-state index in [2.05, 4.69) is 24.1 Å². The van der Waals surface area contributed by atoms with Crippen LogP contribution in [-0.4, -0.2) is 36.6 Å². The average molecular weight is 224 g/mol. The van der Waals surface area contributed by atoms with E-state index in [-0.39, 0.29) is 0 Å². The first-order chi connectivity index (χ1) is 7.77. The molecule has 1 N–H and O–H groups in total. The first-order valence-electron chi connectivity index (χ1n) is 7.25. The maximum atomic E-state index is 3.69. The molecule has 0 aromatic heterocycles. The predicted molar refractivity (Wildman–Crippen MR) is 69.7 cm³/mol. The number of hydrogen-bond donors (Lipinski definition) is 1. The third-order valence-electron chi connectivity index (χ3n) is 4.37. The van der Waals surface area contributed by atoms with E-state index in [4.69, 9.17) is 0 Å². The second-order valence-electron chi connectivity index (χ2n) is 5.81. The lowest BCUT2D eigenvalue weighted by Crippen LogP contribution is -2.40. The first kappa shape index (κ1) is 12.4. The summed E-state index contributed by atoms with van der Waals surface area (Å²) in [4.78, 5) is 2.67. The van der Waals surface area contributed by atoms with Gasteiger partial charge in [0.05, 0.1) is 0 Å². The van der Waals surface area contributed by atoms with Gasteiger partial charge in [0.25, 0.3) is 0 Å². The van der Waals surface area contributed by atoms with Gasteiger partial charge in [0.15, 0.2) is 0 Å². The van der Waals surface area contributed by atoms with Crippen molar-refractivity contribution in [3.8, 4) is 0 Å². The molecule has 1 aliphatic heterocycles. The molecule has 0 spiro atoms. The van der Waals surface area contributed by atoms with Gasteiger partial charge in [0, 0.05) is 12.1 Å². The summed E-state index contributed by atoms with van der Waals surface area (Å²) in [7, 11) is 0. The van der Waals surface area contributed by atoms with Crippen LogP contribution in [0.15, 0.2) is 0 Å². The standard InChI is InChI=1S/C14H28N2/c1-12(16-10-4-3-5-11-16)8-9-15-13(2)14-6-7-14/h12-15H,3-11H2,1-2H3. The lowest BCUT2D eigenvalue weighted by molar-refractivity contribution is 0.165. The fourth-order valence-corrected chi connectivity index (χ4v) is 2.82. The molecule has 2 rings (SSSR count). The maximum Gasteiger partial charge on any atom is 0.00790 e. The van der Waals surface area contributed by atoms with E-state index in [0.29, 0.717) is 0 Å². The summed E-state index contributed by atoms with van der Waals surface area (Å²) in [6.07, 6.45) is 8.50.